The molecule has 0 spiro atoms. The zero-order valence-electron chi connectivity index (χ0n) is 9.14. The fraction of sp³-hybridized carbons (Fsp3) is 0.167. The third kappa shape index (κ3) is 2.74. The molecule has 0 aliphatic rings. The van der Waals surface area contributed by atoms with Crippen LogP contribution in [0.1, 0.15) is 17.3 Å². The Bertz CT molecular complexity index is 536. The summed E-state index contributed by atoms with van der Waals surface area (Å²) in [5.41, 5.74) is 1.28. The number of carbonyl (C=O) groups excluding carboxylic acids is 1. The van der Waals surface area contributed by atoms with Gasteiger partial charge in [0.25, 0.3) is 4.80 Å². The van der Waals surface area contributed by atoms with Gasteiger partial charge in [-0.05, 0) is 19.1 Å². The lowest BCUT2D eigenvalue weighted by molar-refractivity contribution is 0.0526. The normalized spacial score (nSPS) is 10.2. The predicted octanol–water partition coefficient (Wildman–Crippen LogP) is 3.28. The molecule has 17 heavy (non-hydrogen) atoms. The molecule has 0 atom stereocenters. The zero-order chi connectivity index (χ0) is 12.3. The Kier molecular flexibility index (Phi) is 3.58. The van der Waals surface area contributed by atoms with Crippen molar-refractivity contribution in [1.82, 2.24) is 4.98 Å². The average Bonchev–Trinajstić information content (AvgIpc) is 2.76. The highest BCUT2D eigenvalue weighted by molar-refractivity contribution is 9.10. The maximum absolute atomic E-state index is 11.6. The Hall–Kier alpha value is -1.62. The second-order valence-corrected chi connectivity index (χ2v) is 3.96. The van der Waals surface area contributed by atoms with Crippen LogP contribution < -0.4 is 0 Å². The molecule has 2 rings (SSSR count). The summed E-state index contributed by atoms with van der Waals surface area (Å²) in [4.78, 5) is 15.9. The molecule has 0 bridgehead atoms. The number of hydrogen-bond acceptors (Lipinski definition) is 4. The van der Waals surface area contributed by atoms with Crippen molar-refractivity contribution in [1.29, 1.82) is 0 Å². The van der Waals surface area contributed by atoms with Crippen molar-refractivity contribution in [3.8, 4) is 11.3 Å². The smallest absolute Gasteiger partial charge is 0.338 e. The molecular formula is C12H10BrNO3. The van der Waals surface area contributed by atoms with Gasteiger partial charge in [0.2, 0.25) is 0 Å². The minimum absolute atomic E-state index is 0.340. The summed E-state index contributed by atoms with van der Waals surface area (Å²) >= 11 is 3.13. The lowest BCUT2D eigenvalue weighted by Gasteiger charge is -2.02. The molecule has 4 nitrogen and oxygen atoms in total. The van der Waals surface area contributed by atoms with E-state index in [-0.39, 0.29) is 5.97 Å². The van der Waals surface area contributed by atoms with Crippen molar-refractivity contribution in [2.45, 2.75) is 6.92 Å². The Labute approximate surface area is 107 Å². The van der Waals surface area contributed by atoms with Crippen molar-refractivity contribution in [2.24, 2.45) is 0 Å². The van der Waals surface area contributed by atoms with Crippen LogP contribution in [0.25, 0.3) is 11.3 Å². The lowest BCUT2D eigenvalue weighted by atomic mass is 10.1. The van der Waals surface area contributed by atoms with Gasteiger partial charge < -0.3 is 9.15 Å². The maximum atomic E-state index is 11.6. The minimum Gasteiger partial charge on any atom is -0.462 e. The van der Waals surface area contributed by atoms with Gasteiger partial charge in [-0.25, -0.2) is 9.78 Å². The van der Waals surface area contributed by atoms with E-state index in [1.807, 2.05) is 6.07 Å². The highest BCUT2D eigenvalue weighted by Gasteiger charge is 2.10. The van der Waals surface area contributed by atoms with Crippen LogP contribution in [0, 0.1) is 0 Å². The monoisotopic (exact) mass is 295 g/mol. The van der Waals surface area contributed by atoms with Gasteiger partial charge in [0.1, 0.15) is 0 Å². The summed E-state index contributed by atoms with van der Waals surface area (Å²) < 4.78 is 10.2. The number of ether oxygens (including phenoxy) is 1. The molecule has 0 aliphatic carbocycles. The molecule has 0 amide bonds. The fourth-order valence-electron chi connectivity index (χ4n) is 1.40. The third-order valence-electron chi connectivity index (χ3n) is 2.14. The van der Waals surface area contributed by atoms with E-state index >= 15 is 0 Å². The molecule has 5 heteroatoms. The van der Waals surface area contributed by atoms with Crippen LogP contribution in [-0.2, 0) is 4.74 Å². The number of halogens is 1. The van der Waals surface area contributed by atoms with Crippen LogP contribution in [0.5, 0.6) is 0 Å². The molecule has 2 aromatic rings. The van der Waals surface area contributed by atoms with Crippen LogP contribution in [0.15, 0.2) is 39.7 Å². The largest absolute Gasteiger partial charge is 0.462 e. The molecular weight excluding hydrogens is 286 g/mol. The SMILES string of the molecule is CCOC(=O)c1cccc(-c2cnc(Br)o2)c1. The number of benzene rings is 1. The minimum atomic E-state index is -0.340. The van der Waals surface area contributed by atoms with Gasteiger partial charge in [0.15, 0.2) is 5.76 Å². The molecule has 0 aliphatic heterocycles. The number of nitrogens with zero attached hydrogens (tertiary/aromatic N) is 1. The molecule has 1 heterocycles. The molecule has 0 saturated heterocycles. The van der Waals surface area contributed by atoms with Crippen LogP contribution in [0.2, 0.25) is 0 Å². The van der Waals surface area contributed by atoms with E-state index in [2.05, 4.69) is 20.9 Å². The Morgan fingerprint density at radius 3 is 3.00 bits per heavy atom. The first-order valence-corrected chi connectivity index (χ1v) is 5.89. The van der Waals surface area contributed by atoms with Crippen LogP contribution in [-0.4, -0.2) is 17.6 Å². The number of rotatable bonds is 3. The number of oxazole rings is 1. The van der Waals surface area contributed by atoms with Crippen molar-refractivity contribution >= 4 is 21.9 Å². The van der Waals surface area contributed by atoms with E-state index in [9.17, 15) is 4.79 Å². The molecule has 88 valence electrons. The summed E-state index contributed by atoms with van der Waals surface area (Å²) in [5.74, 6) is 0.260. The second-order valence-electron chi connectivity index (χ2n) is 3.28. The molecule has 0 radical (unpaired) electrons. The third-order valence-corrected chi connectivity index (χ3v) is 2.50. The summed E-state index contributed by atoms with van der Waals surface area (Å²) in [5, 5.41) is 0. The highest BCUT2D eigenvalue weighted by Crippen LogP contribution is 2.23. The predicted molar refractivity (Wildman–Crippen MR) is 65.6 cm³/mol. The van der Waals surface area contributed by atoms with Gasteiger partial charge in [-0.2, -0.15) is 0 Å². The van der Waals surface area contributed by atoms with Gasteiger partial charge in [0.05, 0.1) is 18.4 Å². The first-order chi connectivity index (χ1) is 8.20. The number of carbonyl (C=O) groups is 1. The quantitative estimate of drug-likeness (QED) is 0.816. The molecule has 1 aromatic heterocycles. The topological polar surface area (TPSA) is 52.3 Å². The molecule has 0 saturated carbocycles. The van der Waals surface area contributed by atoms with E-state index in [1.165, 1.54) is 0 Å². The summed E-state index contributed by atoms with van der Waals surface area (Å²) in [6, 6.07) is 7.03. The van der Waals surface area contributed by atoms with Gasteiger partial charge in [-0.15, -0.1) is 0 Å². The Balaban J connectivity index is 2.31. The van der Waals surface area contributed by atoms with Crippen molar-refractivity contribution in [3.05, 3.63) is 40.8 Å². The maximum Gasteiger partial charge on any atom is 0.338 e. The van der Waals surface area contributed by atoms with Gasteiger partial charge in [0, 0.05) is 21.5 Å². The summed E-state index contributed by atoms with van der Waals surface area (Å²) in [6.07, 6.45) is 1.59. The Morgan fingerprint density at radius 2 is 2.35 bits per heavy atom. The second kappa shape index (κ2) is 5.14. The molecule has 0 fully saturated rings. The van der Waals surface area contributed by atoms with Crippen molar-refractivity contribution in [2.75, 3.05) is 6.61 Å². The average molecular weight is 296 g/mol. The summed E-state index contributed by atoms with van der Waals surface area (Å²) in [7, 11) is 0. The first-order valence-electron chi connectivity index (χ1n) is 5.09. The van der Waals surface area contributed by atoms with E-state index in [0.717, 1.165) is 5.56 Å². The van der Waals surface area contributed by atoms with Gasteiger partial charge in [-0.3, -0.25) is 0 Å². The molecule has 1 aromatic carbocycles. The molecule has 0 unspecified atom stereocenters. The van der Waals surface area contributed by atoms with Gasteiger partial charge in [-0.1, -0.05) is 12.1 Å². The van der Waals surface area contributed by atoms with Gasteiger partial charge >= 0.3 is 5.97 Å². The van der Waals surface area contributed by atoms with Crippen LogP contribution in [0.4, 0.5) is 0 Å². The van der Waals surface area contributed by atoms with Crippen LogP contribution >= 0.6 is 15.9 Å². The molecule has 0 N–H and O–H groups in total. The number of esters is 1. The van der Waals surface area contributed by atoms with E-state index in [0.29, 0.717) is 22.7 Å². The summed E-state index contributed by atoms with van der Waals surface area (Å²) in [6.45, 7) is 2.13. The zero-order valence-corrected chi connectivity index (χ0v) is 10.7. The van der Waals surface area contributed by atoms with Crippen molar-refractivity contribution < 1.29 is 13.9 Å². The Morgan fingerprint density at radius 1 is 1.53 bits per heavy atom. The van der Waals surface area contributed by atoms with Crippen molar-refractivity contribution in [3.63, 3.8) is 0 Å². The number of aromatic nitrogens is 1. The first kappa shape index (κ1) is 11.9. The van der Waals surface area contributed by atoms with Crippen LogP contribution in [0.3, 0.4) is 0 Å². The number of hydrogen-bond donors (Lipinski definition) is 0. The lowest BCUT2D eigenvalue weighted by Crippen LogP contribution is -2.04. The standard InChI is InChI=1S/C12H10BrNO3/c1-2-16-11(15)9-5-3-4-8(6-9)10-7-14-12(13)17-10/h3-7H,2H2,1H3. The fourth-order valence-corrected chi connectivity index (χ4v) is 1.68. The van der Waals surface area contributed by atoms with E-state index in [4.69, 9.17) is 9.15 Å². The highest BCUT2D eigenvalue weighted by atomic mass is 79.9. The van der Waals surface area contributed by atoms with E-state index < -0.39 is 0 Å². The van der Waals surface area contributed by atoms with E-state index in [1.54, 1.807) is 31.3 Å².